The molecule has 0 saturated heterocycles. The van der Waals surface area contributed by atoms with Crippen molar-refractivity contribution in [3.63, 3.8) is 0 Å². The van der Waals surface area contributed by atoms with Crippen molar-refractivity contribution >= 4 is 28.8 Å². The van der Waals surface area contributed by atoms with E-state index in [2.05, 4.69) is 0 Å². The van der Waals surface area contributed by atoms with Gasteiger partial charge in [0, 0.05) is 11.5 Å². The van der Waals surface area contributed by atoms with E-state index >= 15 is 0 Å². The molecule has 0 atom stereocenters. The second kappa shape index (κ2) is 7.64. The van der Waals surface area contributed by atoms with Crippen molar-refractivity contribution in [2.24, 2.45) is 5.41 Å². The summed E-state index contributed by atoms with van der Waals surface area (Å²) >= 11 is 0.998. The van der Waals surface area contributed by atoms with Crippen molar-refractivity contribution in [1.29, 1.82) is 5.26 Å². The maximum atomic E-state index is 14.2. The van der Waals surface area contributed by atoms with Gasteiger partial charge in [-0.15, -0.1) is 11.3 Å². The molecule has 2 aromatic heterocycles. The third kappa shape index (κ3) is 3.98. The van der Waals surface area contributed by atoms with Crippen LogP contribution in [0.2, 0.25) is 0 Å². The molecule has 148 valence electrons. The largest absolute Gasteiger partial charge is 0.465 e. The van der Waals surface area contributed by atoms with Crippen LogP contribution in [0.15, 0.2) is 45.8 Å². The fraction of sp³-hybridized carbons (Fsp3) is 0.227. The number of thiazole rings is 1. The van der Waals surface area contributed by atoms with Gasteiger partial charge in [-0.25, -0.2) is 4.39 Å². The summed E-state index contributed by atoms with van der Waals surface area (Å²) in [5.74, 6) is -0.423. The Morgan fingerprint density at radius 1 is 1.31 bits per heavy atom. The number of carbonyl (C=O) groups excluding carboxylic acids is 1. The molecule has 2 heterocycles. The summed E-state index contributed by atoms with van der Waals surface area (Å²) < 4.78 is 21.1. The zero-order chi connectivity index (χ0) is 21.3. The number of ketones is 1. The highest BCUT2D eigenvalue weighted by Crippen LogP contribution is 2.20. The molecule has 0 saturated carbocycles. The summed E-state index contributed by atoms with van der Waals surface area (Å²) in [6.07, 6.45) is 3.01. The van der Waals surface area contributed by atoms with E-state index in [1.54, 1.807) is 52.0 Å². The highest BCUT2D eigenvalue weighted by Gasteiger charge is 2.27. The fourth-order valence-corrected chi connectivity index (χ4v) is 3.76. The number of benzene rings is 1. The number of aryl methyl sites for hydroxylation is 1. The van der Waals surface area contributed by atoms with Crippen LogP contribution in [0.3, 0.4) is 0 Å². The van der Waals surface area contributed by atoms with E-state index in [9.17, 15) is 19.2 Å². The lowest BCUT2D eigenvalue weighted by molar-refractivity contribution is -0.120. The van der Waals surface area contributed by atoms with Crippen molar-refractivity contribution in [3.8, 4) is 11.8 Å². The van der Waals surface area contributed by atoms with Crippen molar-refractivity contribution in [2.75, 3.05) is 0 Å². The number of rotatable bonds is 3. The quantitative estimate of drug-likeness (QED) is 0.665. The van der Waals surface area contributed by atoms with Gasteiger partial charge in [-0.05, 0) is 36.8 Å². The van der Waals surface area contributed by atoms with E-state index in [1.807, 2.05) is 6.07 Å². The molecule has 0 unspecified atom stereocenters. The fourth-order valence-electron chi connectivity index (χ4n) is 2.68. The third-order valence-electron chi connectivity index (χ3n) is 4.29. The molecular weight excluding hydrogens is 391 g/mol. The topological polar surface area (TPSA) is 76.0 Å². The molecule has 1 aromatic carbocycles. The van der Waals surface area contributed by atoms with Gasteiger partial charge in [-0.1, -0.05) is 26.8 Å². The van der Waals surface area contributed by atoms with E-state index in [0.29, 0.717) is 11.3 Å². The van der Waals surface area contributed by atoms with Crippen molar-refractivity contribution in [3.05, 3.63) is 73.3 Å². The minimum absolute atomic E-state index is 0.139. The first-order valence-electron chi connectivity index (χ1n) is 8.86. The summed E-state index contributed by atoms with van der Waals surface area (Å²) in [7, 11) is 0. The minimum Gasteiger partial charge on any atom is -0.465 e. The van der Waals surface area contributed by atoms with Crippen molar-refractivity contribution < 1.29 is 13.6 Å². The van der Waals surface area contributed by atoms with E-state index in [-0.39, 0.29) is 20.5 Å². The number of hydrogen-bond donors (Lipinski definition) is 0. The van der Waals surface area contributed by atoms with Crippen LogP contribution in [0.1, 0.15) is 32.1 Å². The number of nitriles is 1. The van der Waals surface area contributed by atoms with Gasteiger partial charge in [0.25, 0.3) is 5.56 Å². The Balaban J connectivity index is 2.46. The maximum Gasteiger partial charge on any atom is 0.273 e. The first kappa shape index (κ1) is 20.5. The van der Waals surface area contributed by atoms with Gasteiger partial charge < -0.3 is 4.42 Å². The number of nitrogens with zero attached hydrogens (tertiary/aromatic N) is 2. The smallest absolute Gasteiger partial charge is 0.273 e. The van der Waals surface area contributed by atoms with Gasteiger partial charge in [-0.3, -0.25) is 14.2 Å². The molecule has 0 spiro atoms. The molecule has 5 nitrogen and oxygen atoms in total. The first-order valence-corrected chi connectivity index (χ1v) is 9.68. The molecule has 0 fully saturated rings. The lowest BCUT2D eigenvalue weighted by Crippen LogP contribution is -2.33. The summed E-state index contributed by atoms with van der Waals surface area (Å²) in [5, 5.41) is 9.72. The van der Waals surface area contributed by atoms with Gasteiger partial charge in [0.05, 0.1) is 16.5 Å². The predicted octanol–water partition coefficient (Wildman–Crippen LogP) is 3.06. The Morgan fingerprint density at radius 2 is 2.03 bits per heavy atom. The van der Waals surface area contributed by atoms with Gasteiger partial charge in [0.1, 0.15) is 27.9 Å². The number of carbonyl (C=O) groups is 1. The molecule has 3 aromatic rings. The molecule has 0 aliphatic rings. The van der Waals surface area contributed by atoms with Crippen molar-refractivity contribution in [2.45, 2.75) is 27.7 Å². The normalized spacial score (nSPS) is 13.3. The monoisotopic (exact) mass is 410 g/mol. The molecule has 0 bridgehead atoms. The van der Waals surface area contributed by atoms with Crippen LogP contribution in [0.25, 0.3) is 17.3 Å². The molecule has 3 rings (SSSR count). The van der Waals surface area contributed by atoms with Gasteiger partial charge in [0.15, 0.2) is 5.78 Å². The molecule has 0 radical (unpaired) electrons. The highest BCUT2D eigenvalue weighted by molar-refractivity contribution is 7.07. The molecule has 7 heteroatoms. The van der Waals surface area contributed by atoms with Gasteiger partial charge in [0.2, 0.25) is 0 Å². The SMILES string of the molecule is Cc1ccc(-n2c(=O)/c(=C/c3ccco3)s/c2=C(/C#N)C(=O)C(C)(C)C)cc1F. The number of hydrogen-bond acceptors (Lipinski definition) is 5. The molecule has 0 aliphatic carbocycles. The first-order chi connectivity index (χ1) is 13.6. The lowest BCUT2D eigenvalue weighted by atomic mass is 9.87. The van der Waals surface area contributed by atoms with Crippen LogP contribution >= 0.6 is 11.3 Å². The molecule has 0 amide bonds. The average Bonchev–Trinajstić information content (AvgIpc) is 3.27. The summed E-state index contributed by atoms with van der Waals surface area (Å²) in [6, 6.07) is 9.67. The van der Waals surface area contributed by atoms with E-state index in [4.69, 9.17) is 4.42 Å². The molecular formula is C22H19FN2O3S. The van der Waals surface area contributed by atoms with Crippen LogP contribution < -0.4 is 14.8 Å². The Bertz CT molecular complexity index is 1300. The van der Waals surface area contributed by atoms with Gasteiger partial charge in [-0.2, -0.15) is 5.26 Å². The van der Waals surface area contributed by atoms with Gasteiger partial charge >= 0.3 is 0 Å². The predicted molar refractivity (Wildman–Crippen MR) is 110 cm³/mol. The second-order valence-electron chi connectivity index (χ2n) is 7.57. The summed E-state index contributed by atoms with van der Waals surface area (Å²) in [5.41, 5.74) is -0.743. The Hall–Kier alpha value is -3.24. The lowest BCUT2D eigenvalue weighted by Gasteiger charge is -2.15. The van der Waals surface area contributed by atoms with Crippen molar-refractivity contribution in [1.82, 2.24) is 4.57 Å². The number of aromatic nitrogens is 1. The van der Waals surface area contributed by atoms with Crippen LogP contribution in [0, 0.1) is 29.5 Å². The van der Waals surface area contributed by atoms with Crippen LogP contribution in [-0.2, 0) is 4.79 Å². The minimum atomic E-state index is -0.820. The van der Waals surface area contributed by atoms with E-state index < -0.39 is 22.6 Å². The van der Waals surface area contributed by atoms with Crippen LogP contribution in [0.4, 0.5) is 4.39 Å². The average molecular weight is 410 g/mol. The number of halogens is 1. The Morgan fingerprint density at radius 3 is 2.59 bits per heavy atom. The van der Waals surface area contributed by atoms with E-state index in [0.717, 1.165) is 11.3 Å². The molecule has 29 heavy (non-hydrogen) atoms. The third-order valence-corrected chi connectivity index (χ3v) is 5.38. The highest BCUT2D eigenvalue weighted by atomic mass is 32.1. The van der Waals surface area contributed by atoms with E-state index in [1.165, 1.54) is 23.0 Å². The van der Waals surface area contributed by atoms with Crippen LogP contribution in [0.5, 0.6) is 0 Å². The van der Waals surface area contributed by atoms with Crippen LogP contribution in [-0.4, -0.2) is 10.4 Å². The molecule has 0 N–H and O–H groups in total. The maximum absolute atomic E-state index is 14.2. The zero-order valence-corrected chi connectivity index (χ0v) is 17.3. The molecule has 0 aliphatic heterocycles. The standard InChI is InChI=1S/C22H19FN2O3S/c1-13-7-8-14(10-17(13)23)25-20(27)18(11-15-6-5-9-28-15)29-21(25)16(12-24)19(26)22(2,3)4/h5-11H,1-4H3/b18-11-,21-16-. The number of Topliss-reactive ketones (excluding diaryl/α,β-unsaturated/α-hetero) is 1. The Labute approximate surface area is 170 Å². The number of furan rings is 1. The summed E-state index contributed by atoms with van der Waals surface area (Å²) in [6.45, 7) is 6.71. The second-order valence-corrected chi connectivity index (χ2v) is 8.60. The summed E-state index contributed by atoms with van der Waals surface area (Å²) in [4.78, 5) is 26.0. The Kier molecular flexibility index (Phi) is 5.40. The zero-order valence-electron chi connectivity index (χ0n) is 16.4.